The highest BCUT2D eigenvalue weighted by Gasteiger charge is 2.11. The molecular formula is C24H23NO5. The zero-order chi connectivity index (χ0) is 21.2. The van der Waals surface area contributed by atoms with E-state index >= 15 is 0 Å². The van der Waals surface area contributed by atoms with Crippen LogP contribution in [0.2, 0.25) is 0 Å². The molecule has 1 amide bonds. The first-order valence-electron chi connectivity index (χ1n) is 9.61. The van der Waals surface area contributed by atoms with Gasteiger partial charge in [-0.15, -0.1) is 0 Å². The van der Waals surface area contributed by atoms with E-state index in [4.69, 9.17) is 14.2 Å². The average Bonchev–Trinajstić information content (AvgIpc) is 2.78. The Bertz CT molecular complexity index is 970. The Morgan fingerprint density at radius 2 is 1.50 bits per heavy atom. The number of para-hydroxylation sites is 1. The Labute approximate surface area is 175 Å². The quantitative estimate of drug-likeness (QED) is 0.537. The summed E-state index contributed by atoms with van der Waals surface area (Å²) in [6.45, 7) is 1.78. The Balaban J connectivity index is 1.47. The van der Waals surface area contributed by atoms with Gasteiger partial charge < -0.3 is 19.5 Å². The van der Waals surface area contributed by atoms with Gasteiger partial charge in [-0.05, 0) is 42.8 Å². The van der Waals surface area contributed by atoms with Crippen LogP contribution < -0.4 is 14.8 Å². The lowest BCUT2D eigenvalue weighted by atomic mass is 10.1. The maximum absolute atomic E-state index is 12.0. The van der Waals surface area contributed by atoms with Crippen molar-refractivity contribution in [3.8, 4) is 22.6 Å². The van der Waals surface area contributed by atoms with Gasteiger partial charge in [-0.2, -0.15) is 0 Å². The molecule has 0 atom stereocenters. The SMILES string of the molecule is CCOc1ccc(NC(=O)COC(=O)COc2ccccc2-c2ccccc2)cc1. The van der Waals surface area contributed by atoms with Crippen LogP contribution in [-0.4, -0.2) is 31.7 Å². The summed E-state index contributed by atoms with van der Waals surface area (Å²) in [6, 6.07) is 24.1. The van der Waals surface area contributed by atoms with Crippen molar-refractivity contribution in [2.45, 2.75) is 6.92 Å². The van der Waals surface area contributed by atoms with Crippen LogP contribution in [0.3, 0.4) is 0 Å². The molecule has 0 radical (unpaired) electrons. The summed E-state index contributed by atoms with van der Waals surface area (Å²) in [5.74, 6) is 0.228. The molecule has 6 heteroatoms. The van der Waals surface area contributed by atoms with E-state index in [1.54, 1.807) is 30.3 Å². The van der Waals surface area contributed by atoms with Gasteiger partial charge in [0, 0.05) is 11.3 Å². The molecule has 0 aliphatic heterocycles. The van der Waals surface area contributed by atoms with Gasteiger partial charge in [-0.3, -0.25) is 4.79 Å². The molecule has 0 bridgehead atoms. The van der Waals surface area contributed by atoms with Crippen LogP contribution in [-0.2, 0) is 14.3 Å². The van der Waals surface area contributed by atoms with Gasteiger partial charge in [0.05, 0.1) is 6.61 Å². The van der Waals surface area contributed by atoms with Gasteiger partial charge in [0.2, 0.25) is 0 Å². The fourth-order valence-corrected chi connectivity index (χ4v) is 2.77. The maximum atomic E-state index is 12.0. The first kappa shape index (κ1) is 20.9. The summed E-state index contributed by atoms with van der Waals surface area (Å²) in [7, 11) is 0. The zero-order valence-electron chi connectivity index (χ0n) is 16.7. The molecule has 0 fully saturated rings. The van der Waals surface area contributed by atoms with E-state index in [1.165, 1.54) is 0 Å². The lowest BCUT2D eigenvalue weighted by Gasteiger charge is -2.11. The van der Waals surface area contributed by atoms with E-state index < -0.39 is 18.5 Å². The molecule has 0 saturated heterocycles. The Morgan fingerprint density at radius 1 is 0.800 bits per heavy atom. The summed E-state index contributed by atoms with van der Waals surface area (Å²) in [5, 5.41) is 2.66. The third-order valence-electron chi connectivity index (χ3n) is 4.13. The fraction of sp³-hybridized carbons (Fsp3) is 0.167. The van der Waals surface area contributed by atoms with Crippen molar-refractivity contribution in [3.05, 3.63) is 78.9 Å². The largest absolute Gasteiger partial charge is 0.494 e. The van der Waals surface area contributed by atoms with Crippen molar-refractivity contribution >= 4 is 17.6 Å². The molecule has 3 rings (SSSR count). The van der Waals surface area contributed by atoms with E-state index in [2.05, 4.69) is 5.32 Å². The van der Waals surface area contributed by atoms with E-state index in [1.807, 2.05) is 55.5 Å². The molecule has 154 valence electrons. The van der Waals surface area contributed by atoms with E-state index in [9.17, 15) is 9.59 Å². The average molecular weight is 405 g/mol. The van der Waals surface area contributed by atoms with Crippen LogP contribution in [0.4, 0.5) is 5.69 Å². The molecule has 30 heavy (non-hydrogen) atoms. The second-order valence-corrected chi connectivity index (χ2v) is 6.32. The van der Waals surface area contributed by atoms with Crippen LogP contribution in [0.25, 0.3) is 11.1 Å². The normalized spacial score (nSPS) is 10.2. The molecule has 6 nitrogen and oxygen atoms in total. The van der Waals surface area contributed by atoms with Crippen molar-refractivity contribution in [3.63, 3.8) is 0 Å². The second-order valence-electron chi connectivity index (χ2n) is 6.32. The van der Waals surface area contributed by atoms with Gasteiger partial charge in [0.15, 0.2) is 13.2 Å². The number of amides is 1. The third kappa shape index (κ3) is 6.10. The highest BCUT2D eigenvalue weighted by atomic mass is 16.6. The summed E-state index contributed by atoms with van der Waals surface area (Å²) in [5.41, 5.74) is 2.45. The number of hydrogen-bond donors (Lipinski definition) is 1. The Morgan fingerprint density at radius 3 is 2.23 bits per heavy atom. The first-order chi connectivity index (χ1) is 14.7. The summed E-state index contributed by atoms with van der Waals surface area (Å²) in [4.78, 5) is 24.0. The number of esters is 1. The van der Waals surface area contributed by atoms with Crippen molar-refractivity contribution in [1.29, 1.82) is 0 Å². The predicted octanol–water partition coefficient (Wildman–Crippen LogP) is 4.31. The molecule has 0 unspecified atom stereocenters. The van der Waals surface area contributed by atoms with Crippen LogP contribution in [0.15, 0.2) is 78.9 Å². The van der Waals surface area contributed by atoms with E-state index in [0.29, 0.717) is 18.0 Å². The molecule has 0 saturated carbocycles. The lowest BCUT2D eigenvalue weighted by Crippen LogP contribution is -2.23. The molecular weight excluding hydrogens is 382 g/mol. The molecule has 1 N–H and O–H groups in total. The second kappa shape index (κ2) is 10.7. The molecule has 3 aromatic rings. The van der Waals surface area contributed by atoms with Crippen LogP contribution in [0, 0.1) is 0 Å². The topological polar surface area (TPSA) is 73.9 Å². The summed E-state index contributed by atoms with van der Waals surface area (Å²) < 4.78 is 16.0. The van der Waals surface area contributed by atoms with E-state index in [0.717, 1.165) is 16.9 Å². The monoisotopic (exact) mass is 405 g/mol. The minimum atomic E-state index is -0.625. The number of rotatable bonds is 9. The Hall–Kier alpha value is -3.80. The van der Waals surface area contributed by atoms with Gasteiger partial charge in [-0.1, -0.05) is 48.5 Å². The molecule has 3 aromatic carbocycles. The smallest absolute Gasteiger partial charge is 0.344 e. The number of nitrogens with one attached hydrogen (secondary N) is 1. The van der Waals surface area contributed by atoms with Crippen LogP contribution in [0.1, 0.15) is 6.92 Å². The summed E-state index contributed by atoms with van der Waals surface area (Å²) in [6.07, 6.45) is 0. The highest BCUT2D eigenvalue weighted by molar-refractivity contribution is 5.92. The van der Waals surface area contributed by atoms with Crippen molar-refractivity contribution in [1.82, 2.24) is 0 Å². The van der Waals surface area contributed by atoms with Gasteiger partial charge in [0.1, 0.15) is 11.5 Å². The van der Waals surface area contributed by atoms with Gasteiger partial charge in [0.25, 0.3) is 5.91 Å². The summed E-state index contributed by atoms with van der Waals surface area (Å²) >= 11 is 0. The third-order valence-corrected chi connectivity index (χ3v) is 4.13. The number of anilines is 1. The van der Waals surface area contributed by atoms with E-state index in [-0.39, 0.29) is 6.61 Å². The number of ether oxygens (including phenoxy) is 3. The Kier molecular flexibility index (Phi) is 7.44. The first-order valence-corrected chi connectivity index (χ1v) is 9.61. The number of hydrogen-bond acceptors (Lipinski definition) is 5. The molecule has 0 aromatic heterocycles. The van der Waals surface area contributed by atoms with Crippen LogP contribution in [0.5, 0.6) is 11.5 Å². The predicted molar refractivity (Wildman–Crippen MR) is 115 cm³/mol. The van der Waals surface area contributed by atoms with Gasteiger partial charge in [-0.25, -0.2) is 4.79 Å². The lowest BCUT2D eigenvalue weighted by molar-refractivity contribution is -0.149. The number of benzene rings is 3. The minimum Gasteiger partial charge on any atom is -0.494 e. The van der Waals surface area contributed by atoms with Crippen molar-refractivity contribution in [2.75, 3.05) is 25.1 Å². The fourth-order valence-electron chi connectivity index (χ4n) is 2.77. The molecule has 0 heterocycles. The molecule has 0 aliphatic rings. The molecule has 0 spiro atoms. The highest BCUT2D eigenvalue weighted by Crippen LogP contribution is 2.29. The van der Waals surface area contributed by atoms with Crippen LogP contribution >= 0.6 is 0 Å². The maximum Gasteiger partial charge on any atom is 0.344 e. The number of carbonyl (C=O) groups excluding carboxylic acids is 2. The number of carbonyl (C=O) groups is 2. The van der Waals surface area contributed by atoms with Gasteiger partial charge >= 0.3 is 5.97 Å². The van der Waals surface area contributed by atoms with Crippen molar-refractivity contribution in [2.24, 2.45) is 0 Å². The van der Waals surface area contributed by atoms with Crippen molar-refractivity contribution < 1.29 is 23.8 Å². The minimum absolute atomic E-state index is 0.291. The zero-order valence-corrected chi connectivity index (χ0v) is 16.7. The molecule has 0 aliphatic carbocycles. The standard InChI is InChI=1S/C24H23NO5/c1-2-28-20-14-12-19(13-15-20)25-23(26)16-30-24(27)17-29-22-11-7-6-10-21(22)18-8-4-3-5-9-18/h3-15H,2,16-17H2,1H3,(H,25,26).